The van der Waals surface area contributed by atoms with Crippen LogP contribution in [0.4, 0.5) is 0 Å². The van der Waals surface area contributed by atoms with Crippen LogP contribution in [0.3, 0.4) is 0 Å². The van der Waals surface area contributed by atoms with Gasteiger partial charge in [-0.25, -0.2) is 0 Å². The summed E-state index contributed by atoms with van der Waals surface area (Å²) in [6, 6.07) is 0. The minimum atomic E-state index is -1.42. The second-order valence-electron chi connectivity index (χ2n) is 1.20. The molecule has 2 N–H and O–H groups in total. The van der Waals surface area contributed by atoms with Crippen molar-refractivity contribution in [3.8, 4) is 0 Å². The molecule has 0 spiro atoms. The van der Waals surface area contributed by atoms with E-state index in [-0.39, 0.29) is 37.7 Å². The number of hydrogen-bond acceptors (Lipinski definition) is 4. The Kier molecular flexibility index (Phi) is 21.8. The summed E-state index contributed by atoms with van der Waals surface area (Å²) in [5, 5.41) is 33.2. The fourth-order valence-electron chi connectivity index (χ4n) is 0. The SMILES string of the molecule is CC([O-])O.CC([O-])O.[Ca+2]. The number of hydrogen-bond donors (Lipinski definition) is 2. The van der Waals surface area contributed by atoms with Crippen molar-refractivity contribution in [2.24, 2.45) is 0 Å². The van der Waals surface area contributed by atoms with Crippen LogP contribution in [-0.4, -0.2) is 60.5 Å². The van der Waals surface area contributed by atoms with Gasteiger partial charge in [0.15, 0.2) is 0 Å². The van der Waals surface area contributed by atoms with Gasteiger partial charge in [-0.15, -0.1) is 0 Å². The zero-order chi connectivity index (χ0) is 7.15. The number of aliphatic hydroxyl groups is 2. The van der Waals surface area contributed by atoms with Crippen molar-refractivity contribution < 1.29 is 20.4 Å². The Balaban J connectivity index is -0.0000000720. The minimum absolute atomic E-state index is 0. The molecule has 4 nitrogen and oxygen atoms in total. The van der Waals surface area contributed by atoms with E-state index < -0.39 is 12.6 Å². The van der Waals surface area contributed by atoms with Crippen LogP contribution in [0.15, 0.2) is 0 Å². The summed E-state index contributed by atoms with van der Waals surface area (Å²) >= 11 is 0. The Bertz CT molecular complexity index is 28.0. The third-order valence-electron chi connectivity index (χ3n) is 0. The first kappa shape index (κ1) is 16.6. The van der Waals surface area contributed by atoms with Crippen molar-refractivity contribution in [2.75, 3.05) is 0 Å². The molecule has 52 valence electrons. The maximum absolute atomic E-state index is 9.08. The van der Waals surface area contributed by atoms with Crippen molar-refractivity contribution in [2.45, 2.75) is 26.4 Å². The van der Waals surface area contributed by atoms with E-state index in [1.54, 1.807) is 0 Å². The largest absolute Gasteiger partial charge is 2.00 e. The predicted molar refractivity (Wildman–Crippen MR) is 29.1 cm³/mol. The maximum atomic E-state index is 9.08. The molecule has 0 aliphatic carbocycles. The molecule has 0 saturated heterocycles. The van der Waals surface area contributed by atoms with Crippen LogP contribution in [0.1, 0.15) is 13.8 Å². The Morgan fingerprint density at radius 1 is 1.00 bits per heavy atom. The number of rotatable bonds is 0. The van der Waals surface area contributed by atoms with Crippen molar-refractivity contribution in [1.29, 1.82) is 0 Å². The van der Waals surface area contributed by atoms with E-state index in [1.165, 1.54) is 13.8 Å². The van der Waals surface area contributed by atoms with Gasteiger partial charge >= 0.3 is 37.7 Å². The molecule has 0 aromatic carbocycles. The van der Waals surface area contributed by atoms with Crippen LogP contribution in [0, 0.1) is 0 Å². The Morgan fingerprint density at radius 3 is 1.00 bits per heavy atom. The standard InChI is InChI=1S/2C2H5O2.Ca/c2*1-2(3)4;/h2*2-3H,1H3;/q2*-1;+2. The van der Waals surface area contributed by atoms with Gasteiger partial charge in [-0.2, -0.15) is 0 Å². The summed E-state index contributed by atoms with van der Waals surface area (Å²) in [5.74, 6) is 0. The molecule has 0 aromatic rings. The third kappa shape index (κ3) is 379. The summed E-state index contributed by atoms with van der Waals surface area (Å²) < 4.78 is 0. The molecule has 0 bridgehead atoms. The van der Waals surface area contributed by atoms with Gasteiger partial charge in [0.1, 0.15) is 0 Å². The van der Waals surface area contributed by atoms with Crippen LogP contribution >= 0.6 is 0 Å². The molecule has 0 aliphatic rings. The molecule has 0 saturated carbocycles. The fourth-order valence-corrected chi connectivity index (χ4v) is 0. The summed E-state index contributed by atoms with van der Waals surface area (Å²) in [6.07, 6.45) is -2.83. The van der Waals surface area contributed by atoms with E-state index in [4.69, 9.17) is 20.4 Å². The van der Waals surface area contributed by atoms with Gasteiger partial charge in [0.05, 0.1) is 0 Å². The van der Waals surface area contributed by atoms with Gasteiger partial charge < -0.3 is 20.4 Å². The van der Waals surface area contributed by atoms with E-state index >= 15 is 0 Å². The molecule has 2 atom stereocenters. The van der Waals surface area contributed by atoms with Crippen LogP contribution in [0.5, 0.6) is 0 Å². The van der Waals surface area contributed by atoms with Crippen molar-refractivity contribution in [3.63, 3.8) is 0 Å². The van der Waals surface area contributed by atoms with Crippen LogP contribution in [-0.2, 0) is 0 Å². The van der Waals surface area contributed by atoms with E-state index in [0.717, 1.165) is 0 Å². The van der Waals surface area contributed by atoms with Crippen LogP contribution in [0.25, 0.3) is 0 Å². The van der Waals surface area contributed by atoms with Crippen LogP contribution in [0.2, 0.25) is 0 Å². The molecule has 0 aliphatic heterocycles. The summed E-state index contributed by atoms with van der Waals surface area (Å²) in [6.45, 7) is 2.33. The second-order valence-corrected chi connectivity index (χ2v) is 1.20. The van der Waals surface area contributed by atoms with Gasteiger partial charge in [0.25, 0.3) is 0 Å². The van der Waals surface area contributed by atoms with Crippen LogP contribution < -0.4 is 10.2 Å². The molecule has 0 fully saturated rings. The third-order valence-corrected chi connectivity index (χ3v) is 0. The average molecular weight is 162 g/mol. The molecule has 0 amide bonds. The van der Waals surface area contributed by atoms with Crippen molar-refractivity contribution in [3.05, 3.63) is 0 Å². The molecule has 0 radical (unpaired) electrons. The molecular weight excluding hydrogens is 152 g/mol. The first-order valence-electron chi connectivity index (χ1n) is 2.14. The molecule has 2 unspecified atom stereocenters. The Hall–Kier alpha value is 1.10. The van der Waals surface area contributed by atoms with Gasteiger partial charge in [-0.3, -0.25) is 0 Å². The molecule has 0 heterocycles. The normalized spacial score (nSPS) is 14.0. The average Bonchev–Trinajstić information content (AvgIpc) is 1.25. The van der Waals surface area contributed by atoms with Crippen molar-refractivity contribution in [1.82, 2.24) is 0 Å². The molecule has 9 heavy (non-hydrogen) atoms. The molecule has 0 rings (SSSR count). The summed E-state index contributed by atoms with van der Waals surface area (Å²) in [5.41, 5.74) is 0. The number of aliphatic hydroxyl groups excluding tert-OH is 2. The van der Waals surface area contributed by atoms with E-state index in [2.05, 4.69) is 0 Å². The quantitative estimate of drug-likeness (QED) is 0.293. The smallest absolute Gasteiger partial charge is 0.831 e. The van der Waals surface area contributed by atoms with Crippen molar-refractivity contribution >= 4 is 37.7 Å². The van der Waals surface area contributed by atoms with Gasteiger partial charge in [0, 0.05) is 0 Å². The fraction of sp³-hybridized carbons (Fsp3) is 1.00. The second kappa shape index (κ2) is 11.8. The minimum Gasteiger partial charge on any atom is -0.831 e. The van der Waals surface area contributed by atoms with E-state index in [0.29, 0.717) is 0 Å². The maximum Gasteiger partial charge on any atom is 2.00 e. The monoisotopic (exact) mass is 162 g/mol. The van der Waals surface area contributed by atoms with E-state index in [9.17, 15) is 0 Å². The Morgan fingerprint density at radius 2 is 1.00 bits per heavy atom. The zero-order valence-corrected chi connectivity index (χ0v) is 7.78. The zero-order valence-electron chi connectivity index (χ0n) is 5.57. The van der Waals surface area contributed by atoms with E-state index in [1.807, 2.05) is 0 Å². The molecule has 0 aromatic heterocycles. The van der Waals surface area contributed by atoms with Gasteiger partial charge in [-0.05, 0) is 12.6 Å². The molecule has 5 heteroatoms. The summed E-state index contributed by atoms with van der Waals surface area (Å²) in [7, 11) is 0. The topological polar surface area (TPSA) is 86.6 Å². The molecular formula is C4H10CaO4. The Labute approximate surface area is 84.1 Å². The summed E-state index contributed by atoms with van der Waals surface area (Å²) in [4.78, 5) is 0. The first-order chi connectivity index (χ1) is 3.46. The van der Waals surface area contributed by atoms with Gasteiger partial charge in [0.2, 0.25) is 0 Å². The predicted octanol–water partition coefficient (Wildman–Crippen LogP) is -3.01. The first-order valence-corrected chi connectivity index (χ1v) is 2.14. The van der Waals surface area contributed by atoms with Gasteiger partial charge in [-0.1, -0.05) is 13.8 Å².